The van der Waals surface area contributed by atoms with E-state index in [1.165, 1.54) is 23.9 Å². The maximum Gasteiger partial charge on any atom is 0.147 e. The molecular weight excluding hydrogens is 283 g/mol. The molecule has 0 unspecified atom stereocenters. The lowest BCUT2D eigenvalue weighted by Crippen LogP contribution is -2.05. The van der Waals surface area contributed by atoms with E-state index in [1.807, 2.05) is 18.2 Å². The molecule has 0 radical (unpaired) electrons. The maximum absolute atomic E-state index is 13.0. The van der Waals surface area contributed by atoms with Gasteiger partial charge in [-0.15, -0.1) is 11.8 Å². The van der Waals surface area contributed by atoms with Crippen LogP contribution in [0.2, 0.25) is 5.02 Å². The third-order valence-corrected chi connectivity index (χ3v) is 4.09. The molecule has 2 aromatic carbocycles. The Morgan fingerprint density at radius 3 is 2.68 bits per heavy atom. The van der Waals surface area contributed by atoms with E-state index >= 15 is 0 Å². The first kappa shape index (κ1) is 14.1. The molecule has 0 aliphatic carbocycles. The number of hydrogen-bond acceptors (Lipinski definition) is 2. The number of carbonyl (C=O) groups is 1. The van der Waals surface area contributed by atoms with Crippen molar-refractivity contribution in [3.05, 3.63) is 64.9 Å². The standard InChI is InChI=1S/C15H12ClFOS/c16-14-6-1-2-7-15(14)19-10-13(18)9-11-4-3-5-12(17)8-11/h1-8H,9-10H2. The summed E-state index contributed by atoms with van der Waals surface area (Å²) in [5, 5.41) is 0.644. The smallest absolute Gasteiger partial charge is 0.147 e. The van der Waals surface area contributed by atoms with Gasteiger partial charge in [-0.1, -0.05) is 35.9 Å². The number of halogens is 2. The number of thioether (sulfide) groups is 1. The minimum absolute atomic E-state index is 0.0514. The minimum Gasteiger partial charge on any atom is -0.298 e. The van der Waals surface area contributed by atoms with Crippen LogP contribution in [0.3, 0.4) is 0 Å². The summed E-state index contributed by atoms with van der Waals surface area (Å²) in [5.41, 5.74) is 0.699. The van der Waals surface area contributed by atoms with Gasteiger partial charge in [0.15, 0.2) is 0 Å². The molecular formula is C15H12ClFOS. The lowest BCUT2D eigenvalue weighted by molar-refractivity contribution is -0.116. The van der Waals surface area contributed by atoms with Crippen molar-refractivity contribution in [2.45, 2.75) is 11.3 Å². The Balaban J connectivity index is 1.90. The van der Waals surface area contributed by atoms with Crippen LogP contribution in [0.25, 0.3) is 0 Å². The minimum atomic E-state index is -0.316. The summed E-state index contributed by atoms with van der Waals surface area (Å²) < 4.78 is 13.0. The topological polar surface area (TPSA) is 17.1 Å². The summed E-state index contributed by atoms with van der Waals surface area (Å²) in [6.45, 7) is 0. The van der Waals surface area contributed by atoms with Crippen LogP contribution < -0.4 is 0 Å². The highest BCUT2D eigenvalue weighted by molar-refractivity contribution is 8.00. The Kier molecular flexibility index (Phi) is 5.00. The average Bonchev–Trinajstić information content (AvgIpc) is 2.38. The normalized spacial score (nSPS) is 10.4. The van der Waals surface area contributed by atoms with Crippen molar-refractivity contribution < 1.29 is 9.18 Å². The second-order valence-corrected chi connectivity index (χ2v) is 5.49. The van der Waals surface area contributed by atoms with Crippen LogP contribution in [0.4, 0.5) is 4.39 Å². The van der Waals surface area contributed by atoms with Crippen molar-refractivity contribution in [3.63, 3.8) is 0 Å². The van der Waals surface area contributed by atoms with Gasteiger partial charge in [0.05, 0.1) is 10.8 Å². The summed E-state index contributed by atoms with van der Waals surface area (Å²) >= 11 is 7.41. The van der Waals surface area contributed by atoms with E-state index in [4.69, 9.17) is 11.6 Å². The van der Waals surface area contributed by atoms with E-state index < -0.39 is 0 Å². The van der Waals surface area contributed by atoms with Gasteiger partial charge in [-0.05, 0) is 29.8 Å². The van der Waals surface area contributed by atoms with Crippen LogP contribution in [0.15, 0.2) is 53.4 Å². The largest absolute Gasteiger partial charge is 0.298 e. The summed E-state index contributed by atoms with van der Waals surface area (Å²) in [7, 11) is 0. The fourth-order valence-electron chi connectivity index (χ4n) is 1.65. The van der Waals surface area contributed by atoms with Crippen molar-refractivity contribution in [2.24, 2.45) is 0 Å². The summed E-state index contributed by atoms with van der Waals surface area (Å²) in [6, 6.07) is 13.5. The third-order valence-electron chi connectivity index (χ3n) is 2.52. The molecule has 0 N–H and O–H groups in total. The van der Waals surface area contributed by atoms with Crippen LogP contribution in [0, 0.1) is 5.82 Å². The van der Waals surface area contributed by atoms with Gasteiger partial charge in [-0.2, -0.15) is 0 Å². The summed E-state index contributed by atoms with van der Waals surface area (Å²) in [5.74, 6) is 0.0693. The SMILES string of the molecule is O=C(CSc1ccccc1Cl)Cc1cccc(F)c1. The Hall–Kier alpha value is -1.32. The second kappa shape index (κ2) is 6.73. The quantitative estimate of drug-likeness (QED) is 0.761. The molecule has 0 bridgehead atoms. The molecule has 2 rings (SSSR count). The monoisotopic (exact) mass is 294 g/mol. The predicted molar refractivity (Wildman–Crippen MR) is 77.3 cm³/mol. The van der Waals surface area contributed by atoms with Crippen LogP contribution >= 0.6 is 23.4 Å². The van der Waals surface area contributed by atoms with Gasteiger partial charge >= 0.3 is 0 Å². The molecule has 0 amide bonds. The van der Waals surface area contributed by atoms with Crippen LogP contribution in [-0.2, 0) is 11.2 Å². The molecule has 0 heterocycles. The molecule has 19 heavy (non-hydrogen) atoms. The first-order valence-electron chi connectivity index (χ1n) is 5.78. The van der Waals surface area contributed by atoms with Crippen LogP contribution in [0.1, 0.15) is 5.56 Å². The first-order chi connectivity index (χ1) is 9.15. The van der Waals surface area contributed by atoms with Gasteiger partial charge in [0.2, 0.25) is 0 Å². The molecule has 0 saturated heterocycles. The Morgan fingerprint density at radius 2 is 1.95 bits per heavy atom. The van der Waals surface area contributed by atoms with E-state index in [1.54, 1.807) is 18.2 Å². The fraction of sp³-hybridized carbons (Fsp3) is 0.133. The molecule has 0 aliphatic rings. The lowest BCUT2D eigenvalue weighted by atomic mass is 10.1. The molecule has 0 atom stereocenters. The van der Waals surface area contributed by atoms with Crippen molar-refractivity contribution in [1.29, 1.82) is 0 Å². The van der Waals surface area contributed by atoms with Crippen molar-refractivity contribution >= 4 is 29.1 Å². The molecule has 0 spiro atoms. The number of carbonyl (C=O) groups excluding carboxylic acids is 1. The zero-order chi connectivity index (χ0) is 13.7. The summed E-state index contributed by atoms with van der Waals surface area (Å²) in [6.07, 6.45) is 0.245. The van der Waals surface area contributed by atoms with Gasteiger partial charge in [0.1, 0.15) is 11.6 Å². The van der Waals surface area contributed by atoms with E-state index in [0.717, 1.165) is 4.90 Å². The van der Waals surface area contributed by atoms with Crippen LogP contribution in [0.5, 0.6) is 0 Å². The van der Waals surface area contributed by atoms with Gasteiger partial charge in [0, 0.05) is 11.3 Å². The number of rotatable bonds is 5. The zero-order valence-electron chi connectivity index (χ0n) is 10.1. The number of hydrogen-bond donors (Lipinski definition) is 0. The summed E-state index contributed by atoms with van der Waals surface area (Å²) in [4.78, 5) is 12.7. The molecule has 2 aromatic rings. The van der Waals surface area contributed by atoms with Crippen LogP contribution in [-0.4, -0.2) is 11.5 Å². The van der Waals surface area contributed by atoms with E-state index in [9.17, 15) is 9.18 Å². The molecule has 1 nitrogen and oxygen atoms in total. The zero-order valence-corrected chi connectivity index (χ0v) is 11.7. The van der Waals surface area contributed by atoms with Crippen molar-refractivity contribution in [3.8, 4) is 0 Å². The van der Waals surface area contributed by atoms with Gasteiger partial charge in [-0.25, -0.2) is 4.39 Å². The van der Waals surface area contributed by atoms with Gasteiger partial charge < -0.3 is 0 Å². The van der Waals surface area contributed by atoms with E-state index in [-0.39, 0.29) is 18.0 Å². The molecule has 0 aromatic heterocycles. The molecule has 98 valence electrons. The maximum atomic E-state index is 13.0. The Labute approximate surface area is 120 Å². The fourth-order valence-corrected chi connectivity index (χ4v) is 2.74. The highest BCUT2D eigenvalue weighted by Crippen LogP contribution is 2.26. The predicted octanol–water partition coefficient (Wildman–Crippen LogP) is 4.38. The van der Waals surface area contributed by atoms with Gasteiger partial charge in [-0.3, -0.25) is 4.79 Å². The highest BCUT2D eigenvalue weighted by atomic mass is 35.5. The third kappa shape index (κ3) is 4.37. The Morgan fingerprint density at radius 1 is 1.16 bits per heavy atom. The van der Waals surface area contributed by atoms with Crippen molar-refractivity contribution in [1.82, 2.24) is 0 Å². The van der Waals surface area contributed by atoms with Gasteiger partial charge in [0.25, 0.3) is 0 Å². The molecule has 4 heteroatoms. The molecule has 0 saturated carbocycles. The second-order valence-electron chi connectivity index (χ2n) is 4.06. The highest BCUT2D eigenvalue weighted by Gasteiger charge is 2.07. The van der Waals surface area contributed by atoms with Crippen molar-refractivity contribution in [2.75, 3.05) is 5.75 Å². The average molecular weight is 295 g/mol. The number of ketones is 1. The molecule has 0 aliphatic heterocycles. The van der Waals surface area contributed by atoms with E-state index in [0.29, 0.717) is 16.3 Å². The number of Topliss-reactive ketones (excluding diaryl/α,β-unsaturated/α-hetero) is 1. The first-order valence-corrected chi connectivity index (χ1v) is 7.15. The Bertz CT molecular complexity index is 586. The molecule has 0 fully saturated rings. The lowest BCUT2D eigenvalue weighted by Gasteiger charge is -2.04. The number of benzene rings is 2. The van der Waals surface area contributed by atoms with E-state index in [2.05, 4.69) is 0 Å².